The van der Waals surface area contributed by atoms with Crippen LogP contribution in [0, 0.1) is 6.92 Å². The van der Waals surface area contributed by atoms with Gasteiger partial charge in [0.25, 0.3) is 5.88 Å². The summed E-state index contributed by atoms with van der Waals surface area (Å²) < 4.78 is 10.2. The largest absolute Gasteiger partial charge is 0.479 e. The minimum absolute atomic E-state index is 0.0134. The van der Waals surface area contributed by atoms with Gasteiger partial charge in [0, 0.05) is 25.5 Å². The molecule has 0 bridgehead atoms. The number of rotatable bonds is 5. The van der Waals surface area contributed by atoms with E-state index in [0.29, 0.717) is 24.5 Å². The molecule has 26 heavy (non-hydrogen) atoms. The normalized spacial score (nSPS) is 17.2. The topological polar surface area (TPSA) is 84.2 Å². The number of methoxy groups -OCH3 is 1. The van der Waals surface area contributed by atoms with Gasteiger partial charge in [0.05, 0.1) is 24.2 Å². The Morgan fingerprint density at radius 1 is 1.42 bits per heavy atom. The summed E-state index contributed by atoms with van der Waals surface area (Å²) in [6.45, 7) is 2.82. The molecule has 136 valence electrons. The van der Waals surface area contributed by atoms with Gasteiger partial charge in [0.2, 0.25) is 5.91 Å². The van der Waals surface area contributed by atoms with Crippen molar-refractivity contribution in [2.75, 3.05) is 13.7 Å². The lowest BCUT2D eigenvalue weighted by Crippen LogP contribution is -2.31. The van der Waals surface area contributed by atoms with E-state index in [9.17, 15) is 4.79 Å². The second kappa shape index (κ2) is 6.82. The van der Waals surface area contributed by atoms with Crippen molar-refractivity contribution in [1.82, 2.24) is 20.0 Å². The fourth-order valence-electron chi connectivity index (χ4n) is 3.53. The van der Waals surface area contributed by atoms with Crippen LogP contribution in [0.1, 0.15) is 42.5 Å². The van der Waals surface area contributed by atoms with E-state index in [1.165, 1.54) is 12.7 Å². The monoisotopic (exact) mass is 354 g/mol. The van der Waals surface area contributed by atoms with Gasteiger partial charge in [-0.2, -0.15) is 0 Å². The summed E-state index contributed by atoms with van der Waals surface area (Å²) in [6.07, 6.45) is 2.81. The molecule has 3 aromatic rings. The fraction of sp³-hybridized carbons (Fsp3) is 0.421. The van der Waals surface area contributed by atoms with Gasteiger partial charge < -0.3 is 19.1 Å². The van der Waals surface area contributed by atoms with Crippen LogP contribution in [0.25, 0.3) is 11.0 Å². The number of hydrogen-bond donors (Lipinski definition) is 1. The number of benzene rings is 1. The smallest absolute Gasteiger partial charge is 0.254 e. The summed E-state index contributed by atoms with van der Waals surface area (Å²) in [5, 5.41) is 3.77. The summed E-state index contributed by atoms with van der Waals surface area (Å²) in [6, 6.07) is 7.89. The second-order valence-electron chi connectivity index (χ2n) is 6.72. The van der Waals surface area contributed by atoms with Gasteiger partial charge in [0.15, 0.2) is 0 Å². The van der Waals surface area contributed by atoms with E-state index in [1.807, 2.05) is 11.0 Å². The van der Waals surface area contributed by atoms with Gasteiger partial charge in [-0.3, -0.25) is 4.79 Å². The number of aromatic amines is 1. The molecule has 7 heteroatoms. The van der Waals surface area contributed by atoms with Crippen LogP contribution in [0.15, 0.2) is 28.8 Å². The lowest BCUT2D eigenvalue weighted by molar-refractivity contribution is -0.132. The molecule has 1 aliphatic heterocycles. The minimum atomic E-state index is 0.0134. The Labute approximate surface area is 151 Å². The van der Waals surface area contributed by atoms with Gasteiger partial charge >= 0.3 is 0 Å². The molecule has 0 aliphatic carbocycles. The standard InChI is InChI=1S/C19H22N4O3/c1-12-5-7-14-15(10-12)21-19(20-14)16-4-3-9-23(16)18(24)8-6-13-11-17(25-2)22-26-13/h5,7,10-11,16H,3-4,6,8-9H2,1-2H3,(H,20,21)/t16-/m0/s1. The van der Waals surface area contributed by atoms with Gasteiger partial charge in [-0.15, -0.1) is 0 Å². The van der Waals surface area contributed by atoms with E-state index in [1.54, 1.807) is 6.07 Å². The molecule has 1 fully saturated rings. The van der Waals surface area contributed by atoms with E-state index < -0.39 is 0 Å². The number of carbonyl (C=O) groups is 1. The average Bonchev–Trinajstić information content (AvgIpc) is 3.36. The Balaban J connectivity index is 1.47. The SMILES string of the molecule is COc1cc(CCC(=O)N2CCC[C@H]2c2nc3ccc(C)cc3[nH]2)on1. The molecule has 1 N–H and O–H groups in total. The number of ether oxygens (including phenoxy) is 1. The lowest BCUT2D eigenvalue weighted by Gasteiger charge is -2.23. The number of nitrogens with one attached hydrogen (secondary N) is 1. The zero-order valence-corrected chi connectivity index (χ0v) is 15.0. The third-order valence-electron chi connectivity index (χ3n) is 4.88. The van der Waals surface area contributed by atoms with Crippen LogP contribution in [0.5, 0.6) is 5.88 Å². The van der Waals surface area contributed by atoms with Crippen LogP contribution in [-0.2, 0) is 11.2 Å². The number of hydrogen-bond acceptors (Lipinski definition) is 5. The number of aryl methyl sites for hydroxylation is 2. The Morgan fingerprint density at radius 3 is 3.12 bits per heavy atom. The van der Waals surface area contributed by atoms with E-state index >= 15 is 0 Å². The summed E-state index contributed by atoms with van der Waals surface area (Å²) in [5.41, 5.74) is 3.15. The summed E-state index contributed by atoms with van der Waals surface area (Å²) in [4.78, 5) is 22.8. The quantitative estimate of drug-likeness (QED) is 0.761. The Bertz CT molecular complexity index is 930. The first-order valence-electron chi connectivity index (χ1n) is 8.89. The van der Waals surface area contributed by atoms with Crippen molar-refractivity contribution >= 4 is 16.9 Å². The molecule has 1 aromatic carbocycles. The van der Waals surface area contributed by atoms with E-state index in [4.69, 9.17) is 14.2 Å². The molecule has 0 unspecified atom stereocenters. The van der Waals surface area contributed by atoms with E-state index in [-0.39, 0.29) is 11.9 Å². The van der Waals surface area contributed by atoms with E-state index in [0.717, 1.165) is 36.2 Å². The molecule has 1 amide bonds. The van der Waals surface area contributed by atoms with Crippen LogP contribution in [0.2, 0.25) is 0 Å². The summed E-state index contributed by atoms with van der Waals surface area (Å²) >= 11 is 0. The number of imidazole rings is 1. The maximum absolute atomic E-state index is 12.7. The Morgan fingerprint density at radius 2 is 2.31 bits per heavy atom. The zero-order valence-electron chi connectivity index (χ0n) is 15.0. The lowest BCUT2D eigenvalue weighted by atomic mass is 10.2. The van der Waals surface area contributed by atoms with Crippen molar-refractivity contribution in [3.8, 4) is 5.88 Å². The zero-order chi connectivity index (χ0) is 18.1. The van der Waals surface area contributed by atoms with Crippen LogP contribution in [-0.4, -0.2) is 39.6 Å². The molecular weight excluding hydrogens is 332 g/mol. The number of likely N-dealkylation sites (tertiary alicyclic amines) is 1. The highest BCUT2D eigenvalue weighted by molar-refractivity contribution is 5.78. The molecule has 0 saturated carbocycles. The molecular formula is C19H22N4O3. The molecule has 0 radical (unpaired) electrons. The number of H-pyrrole nitrogens is 1. The fourth-order valence-corrected chi connectivity index (χ4v) is 3.53. The number of carbonyl (C=O) groups excluding carboxylic acids is 1. The molecule has 7 nitrogen and oxygen atoms in total. The molecule has 4 rings (SSSR count). The Hall–Kier alpha value is -2.83. The second-order valence-corrected chi connectivity index (χ2v) is 6.72. The molecule has 1 atom stereocenters. The number of aromatic nitrogens is 3. The predicted octanol–water partition coefficient (Wildman–Crippen LogP) is 3.16. The Kier molecular flexibility index (Phi) is 4.36. The number of nitrogens with zero attached hydrogens (tertiary/aromatic N) is 3. The van der Waals surface area contributed by atoms with Crippen molar-refractivity contribution in [2.24, 2.45) is 0 Å². The van der Waals surface area contributed by atoms with Crippen LogP contribution < -0.4 is 4.74 Å². The molecule has 2 aromatic heterocycles. The maximum Gasteiger partial charge on any atom is 0.254 e. The van der Waals surface area contributed by atoms with Gasteiger partial charge in [-0.1, -0.05) is 6.07 Å². The summed E-state index contributed by atoms with van der Waals surface area (Å²) in [7, 11) is 1.54. The van der Waals surface area contributed by atoms with Crippen molar-refractivity contribution in [1.29, 1.82) is 0 Å². The maximum atomic E-state index is 12.7. The minimum Gasteiger partial charge on any atom is -0.479 e. The van der Waals surface area contributed by atoms with Gasteiger partial charge in [0.1, 0.15) is 11.6 Å². The molecule has 1 saturated heterocycles. The van der Waals surface area contributed by atoms with Crippen molar-refractivity contribution in [3.05, 3.63) is 41.4 Å². The summed E-state index contributed by atoms with van der Waals surface area (Å²) in [5.74, 6) is 2.08. The average molecular weight is 354 g/mol. The molecule has 1 aliphatic rings. The van der Waals surface area contributed by atoms with Crippen molar-refractivity contribution in [3.63, 3.8) is 0 Å². The molecule has 0 spiro atoms. The first-order chi connectivity index (χ1) is 12.6. The van der Waals surface area contributed by atoms with Gasteiger partial charge in [-0.05, 0) is 42.6 Å². The predicted molar refractivity (Wildman–Crippen MR) is 95.9 cm³/mol. The first-order valence-corrected chi connectivity index (χ1v) is 8.89. The van der Waals surface area contributed by atoms with Crippen LogP contribution in [0.3, 0.4) is 0 Å². The van der Waals surface area contributed by atoms with E-state index in [2.05, 4.69) is 29.2 Å². The first kappa shape index (κ1) is 16.6. The van der Waals surface area contributed by atoms with Crippen molar-refractivity contribution in [2.45, 2.75) is 38.6 Å². The van der Waals surface area contributed by atoms with Crippen LogP contribution >= 0.6 is 0 Å². The third-order valence-corrected chi connectivity index (χ3v) is 4.88. The highest BCUT2D eigenvalue weighted by Crippen LogP contribution is 2.32. The highest BCUT2D eigenvalue weighted by atomic mass is 16.5. The van der Waals surface area contributed by atoms with Crippen LogP contribution in [0.4, 0.5) is 0 Å². The highest BCUT2D eigenvalue weighted by Gasteiger charge is 2.32. The van der Waals surface area contributed by atoms with Gasteiger partial charge in [-0.25, -0.2) is 4.98 Å². The number of fused-ring (bicyclic) bond motifs is 1. The van der Waals surface area contributed by atoms with Crippen molar-refractivity contribution < 1.29 is 14.1 Å². The third kappa shape index (κ3) is 3.16. The number of amides is 1. The molecule has 3 heterocycles.